The molecule has 1 heterocycles. The van der Waals surface area contributed by atoms with Gasteiger partial charge in [0.05, 0.1) is 6.42 Å². The number of hydrogen-bond acceptors (Lipinski definition) is 2. The van der Waals surface area contributed by atoms with Crippen LogP contribution >= 0.6 is 0 Å². The van der Waals surface area contributed by atoms with E-state index >= 15 is 0 Å². The minimum absolute atomic E-state index is 0.0498. The number of carbonyl (C=O) groups is 1. The van der Waals surface area contributed by atoms with E-state index in [9.17, 15) is 4.79 Å². The highest BCUT2D eigenvalue weighted by atomic mass is 16.6. The van der Waals surface area contributed by atoms with Gasteiger partial charge in [0, 0.05) is 5.92 Å². The zero-order chi connectivity index (χ0) is 8.29. The van der Waals surface area contributed by atoms with Crippen LogP contribution in [0.3, 0.4) is 0 Å². The van der Waals surface area contributed by atoms with E-state index in [-0.39, 0.29) is 5.97 Å². The second-order valence-electron chi connectivity index (χ2n) is 4.59. The molecule has 0 spiro atoms. The maximum absolute atomic E-state index is 11.1. The minimum atomic E-state index is 0.0498. The smallest absolute Gasteiger partial charge is 0.306 e. The molecule has 66 valence electrons. The van der Waals surface area contributed by atoms with Crippen molar-refractivity contribution in [3.05, 3.63) is 0 Å². The quantitative estimate of drug-likeness (QED) is 0.511. The van der Waals surface area contributed by atoms with E-state index in [4.69, 9.17) is 4.74 Å². The average molecular weight is 166 g/mol. The summed E-state index contributed by atoms with van der Waals surface area (Å²) in [6, 6.07) is 0. The Kier molecular flexibility index (Phi) is 1.18. The molecular formula is C10H14O2. The zero-order valence-corrected chi connectivity index (χ0v) is 7.32. The monoisotopic (exact) mass is 166 g/mol. The lowest BCUT2D eigenvalue weighted by Gasteiger charge is -2.21. The second-order valence-corrected chi connectivity index (χ2v) is 4.59. The fraction of sp³-hybridized carbons (Fsp3) is 0.900. The van der Waals surface area contributed by atoms with E-state index < -0.39 is 0 Å². The van der Waals surface area contributed by atoms with Gasteiger partial charge in [0.2, 0.25) is 0 Å². The van der Waals surface area contributed by atoms with Gasteiger partial charge in [0.1, 0.15) is 6.10 Å². The number of esters is 1. The molecule has 5 atom stereocenters. The molecule has 3 rings (SSSR count). The van der Waals surface area contributed by atoms with Gasteiger partial charge in [-0.2, -0.15) is 0 Å². The van der Waals surface area contributed by atoms with E-state index in [1.54, 1.807) is 0 Å². The highest BCUT2D eigenvalue weighted by molar-refractivity contribution is 5.72. The summed E-state index contributed by atoms with van der Waals surface area (Å²) in [5.41, 5.74) is 0. The van der Waals surface area contributed by atoms with Gasteiger partial charge >= 0.3 is 5.97 Å². The van der Waals surface area contributed by atoms with Gasteiger partial charge in [-0.15, -0.1) is 0 Å². The van der Waals surface area contributed by atoms with Crippen LogP contribution < -0.4 is 0 Å². The van der Waals surface area contributed by atoms with Gasteiger partial charge in [-0.25, -0.2) is 0 Å². The number of rotatable bonds is 0. The summed E-state index contributed by atoms with van der Waals surface area (Å²) in [5.74, 6) is 2.95. The highest BCUT2D eigenvalue weighted by Crippen LogP contribution is 2.57. The largest absolute Gasteiger partial charge is 0.462 e. The lowest BCUT2D eigenvalue weighted by Crippen LogP contribution is -2.23. The standard InChI is InChI=1S/C10H14O2/c1-5-6-2-3-7(5)10-8(6)4-9(11)12-10/h5-8,10H,2-4H2,1H3. The van der Waals surface area contributed by atoms with Crippen LogP contribution in [-0.4, -0.2) is 12.1 Å². The number of fused-ring (bicyclic) bond motifs is 5. The van der Waals surface area contributed by atoms with Crippen LogP contribution in [0.2, 0.25) is 0 Å². The van der Waals surface area contributed by atoms with Crippen molar-refractivity contribution in [2.45, 2.75) is 32.3 Å². The van der Waals surface area contributed by atoms with Crippen LogP contribution in [0.5, 0.6) is 0 Å². The van der Waals surface area contributed by atoms with E-state index in [1.165, 1.54) is 12.8 Å². The van der Waals surface area contributed by atoms with Gasteiger partial charge < -0.3 is 4.74 Å². The minimum Gasteiger partial charge on any atom is -0.462 e. The van der Waals surface area contributed by atoms with Crippen molar-refractivity contribution in [3.63, 3.8) is 0 Å². The maximum atomic E-state index is 11.1. The summed E-state index contributed by atoms with van der Waals surface area (Å²) >= 11 is 0. The van der Waals surface area contributed by atoms with Crippen LogP contribution in [0.1, 0.15) is 26.2 Å². The fourth-order valence-corrected chi connectivity index (χ4v) is 3.69. The van der Waals surface area contributed by atoms with Crippen molar-refractivity contribution in [1.29, 1.82) is 0 Å². The van der Waals surface area contributed by atoms with E-state index in [0.29, 0.717) is 24.4 Å². The van der Waals surface area contributed by atoms with Crippen LogP contribution in [0.4, 0.5) is 0 Å². The maximum Gasteiger partial charge on any atom is 0.306 e. The first-order chi connectivity index (χ1) is 5.77. The summed E-state index contributed by atoms with van der Waals surface area (Å²) in [5, 5.41) is 0. The number of carbonyl (C=O) groups excluding carboxylic acids is 1. The van der Waals surface area contributed by atoms with Crippen molar-refractivity contribution in [1.82, 2.24) is 0 Å². The molecule has 0 radical (unpaired) electrons. The number of hydrogen-bond donors (Lipinski definition) is 0. The number of ether oxygens (including phenoxy) is 1. The molecule has 2 saturated carbocycles. The topological polar surface area (TPSA) is 26.3 Å². The predicted molar refractivity (Wildman–Crippen MR) is 43.4 cm³/mol. The fourth-order valence-electron chi connectivity index (χ4n) is 3.69. The van der Waals surface area contributed by atoms with Crippen molar-refractivity contribution in [2.75, 3.05) is 0 Å². The van der Waals surface area contributed by atoms with Gasteiger partial charge in [-0.3, -0.25) is 4.79 Å². The van der Waals surface area contributed by atoms with Crippen LogP contribution in [0, 0.1) is 23.7 Å². The third-order valence-electron chi connectivity index (χ3n) is 4.25. The molecule has 0 N–H and O–H groups in total. The first-order valence-electron chi connectivity index (χ1n) is 4.97. The van der Waals surface area contributed by atoms with Gasteiger partial charge in [-0.1, -0.05) is 6.92 Å². The lowest BCUT2D eigenvalue weighted by molar-refractivity contribution is -0.143. The van der Waals surface area contributed by atoms with Gasteiger partial charge in [-0.05, 0) is 30.6 Å². The molecule has 2 aliphatic carbocycles. The van der Waals surface area contributed by atoms with Crippen molar-refractivity contribution >= 4 is 5.97 Å². The van der Waals surface area contributed by atoms with Gasteiger partial charge in [0.25, 0.3) is 0 Å². The van der Waals surface area contributed by atoms with Crippen molar-refractivity contribution in [3.8, 4) is 0 Å². The lowest BCUT2D eigenvalue weighted by atomic mass is 9.86. The van der Waals surface area contributed by atoms with Crippen molar-refractivity contribution < 1.29 is 9.53 Å². The molecule has 2 heteroatoms. The molecule has 0 aromatic heterocycles. The molecule has 0 aromatic rings. The highest BCUT2D eigenvalue weighted by Gasteiger charge is 2.57. The molecule has 5 unspecified atom stereocenters. The molecule has 1 saturated heterocycles. The second kappa shape index (κ2) is 2.04. The summed E-state index contributed by atoms with van der Waals surface area (Å²) < 4.78 is 5.35. The third-order valence-corrected chi connectivity index (χ3v) is 4.25. The summed E-state index contributed by atoms with van der Waals surface area (Å²) in [6.07, 6.45) is 3.64. The molecule has 12 heavy (non-hydrogen) atoms. The Morgan fingerprint density at radius 3 is 2.75 bits per heavy atom. The molecule has 2 nitrogen and oxygen atoms in total. The summed E-state index contributed by atoms with van der Waals surface area (Å²) in [6.45, 7) is 2.33. The van der Waals surface area contributed by atoms with Crippen LogP contribution in [-0.2, 0) is 9.53 Å². The molecule has 3 fully saturated rings. The normalized spacial score (nSPS) is 55.8. The summed E-state index contributed by atoms with van der Waals surface area (Å²) in [7, 11) is 0. The molecule has 1 aliphatic heterocycles. The van der Waals surface area contributed by atoms with E-state index in [0.717, 1.165) is 11.8 Å². The van der Waals surface area contributed by atoms with E-state index in [1.807, 2.05) is 0 Å². The van der Waals surface area contributed by atoms with Crippen LogP contribution in [0.25, 0.3) is 0 Å². The Balaban J connectivity index is 1.93. The first-order valence-corrected chi connectivity index (χ1v) is 4.97. The molecular weight excluding hydrogens is 152 g/mol. The Labute approximate surface area is 72.3 Å². The Bertz CT molecular complexity index is 214. The SMILES string of the molecule is CC1C2CCC1C1OC(=O)CC21. The van der Waals surface area contributed by atoms with Crippen LogP contribution in [0.15, 0.2) is 0 Å². The molecule has 0 amide bonds. The Hall–Kier alpha value is -0.530. The summed E-state index contributed by atoms with van der Waals surface area (Å²) in [4.78, 5) is 11.1. The zero-order valence-electron chi connectivity index (χ0n) is 7.32. The molecule has 3 aliphatic rings. The molecule has 2 bridgehead atoms. The molecule has 0 aromatic carbocycles. The predicted octanol–water partition coefficient (Wildman–Crippen LogP) is 1.59. The third kappa shape index (κ3) is 0.644. The van der Waals surface area contributed by atoms with Crippen molar-refractivity contribution in [2.24, 2.45) is 23.7 Å². The Morgan fingerprint density at radius 2 is 2.00 bits per heavy atom. The van der Waals surface area contributed by atoms with E-state index in [2.05, 4.69) is 6.92 Å². The average Bonchev–Trinajstić information content (AvgIpc) is 2.60. The Morgan fingerprint density at radius 1 is 1.25 bits per heavy atom. The van der Waals surface area contributed by atoms with Gasteiger partial charge in [0.15, 0.2) is 0 Å². The first kappa shape index (κ1) is 6.93.